The standard InChI is InChI=1S/C16H13ClN2O/c17-13-9-11(6-7-15(13)20)10-19-14-5-1-3-12-4-2-8-18-16(12)14/h1-9,19-20H,10H2. The van der Waals surface area contributed by atoms with E-state index < -0.39 is 0 Å². The zero-order valence-corrected chi connectivity index (χ0v) is 11.4. The second-order valence-corrected chi connectivity index (χ2v) is 4.93. The molecule has 3 rings (SSSR count). The molecule has 1 aromatic heterocycles. The van der Waals surface area contributed by atoms with Crippen LogP contribution in [0.5, 0.6) is 5.75 Å². The fraction of sp³-hybridized carbons (Fsp3) is 0.0625. The number of benzene rings is 2. The Hall–Kier alpha value is -2.26. The lowest BCUT2D eigenvalue weighted by molar-refractivity contribution is 0.475. The van der Waals surface area contributed by atoms with Crippen LogP contribution in [-0.4, -0.2) is 10.1 Å². The Bertz CT molecular complexity index is 753. The molecule has 2 aromatic carbocycles. The lowest BCUT2D eigenvalue weighted by Gasteiger charge is -2.09. The molecule has 2 N–H and O–H groups in total. The van der Waals surface area contributed by atoms with Crippen molar-refractivity contribution in [3.63, 3.8) is 0 Å². The van der Waals surface area contributed by atoms with Gasteiger partial charge >= 0.3 is 0 Å². The Morgan fingerprint density at radius 2 is 1.95 bits per heavy atom. The molecule has 3 nitrogen and oxygen atoms in total. The molecule has 0 unspecified atom stereocenters. The highest BCUT2D eigenvalue weighted by molar-refractivity contribution is 6.32. The molecular weight excluding hydrogens is 272 g/mol. The quantitative estimate of drug-likeness (QED) is 0.757. The molecule has 0 spiro atoms. The Morgan fingerprint density at radius 3 is 2.80 bits per heavy atom. The highest BCUT2D eigenvalue weighted by Gasteiger charge is 2.03. The zero-order chi connectivity index (χ0) is 13.9. The number of rotatable bonds is 3. The summed E-state index contributed by atoms with van der Waals surface area (Å²) in [4.78, 5) is 4.40. The third-order valence-corrected chi connectivity index (χ3v) is 3.43. The van der Waals surface area contributed by atoms with Gasteiger partial charge in [0, 0.05) is 18.1 Å². The van der Waals surface area contributed by atoms with Gasteiger partial charge in [-0.15, -0.1) is 0 Å². The number of phenols is 1. The molecule has 100 valence electrons. The zero-order valence-electron chi connectivity index (χ0n) is 10.7. The van der Waals surface area contributed by atoms with Crippen LogP contribution in [0, 0.1) is 0 Å². The van der Waals surface area contributed by atoms with Crippen molar-refractivity contribution >= 4 is 28.2 Å². The van der Waals surface area contributed by atoms with Crippen molar-refractivity contribution in [1.82, 2.24) is 4.98 Å². The van der Waals surface area contributed by atoms with E-state index in [-0.39, 0.29) is 5.75 Å². The summed E-state index contributed by atoms with van der Waals surface area (Å²) in [6.45, 7) is 0.621. The number of anilines is 1. The molecule has 0 aliphatic carbocycles. The van der Waals surface area contributed by atoms with E-state index in [0.717, 1.165) is 22.2 Å². The van der Waals surface area contributed by atoms with Gasteiger partial charge in [-0.3, -0.25) is 4.98 Å². The van der Waals surface area contributed by atoms with Crippen molar-refractivity contribution in [1.29, 1.82) is 0 Å². The molecule has 3 aromatic rings. The normalized spacial score (nSPS) is 10.7. The van der Waals surface area contributed by atoms with Crippen molar-refractivity contribution in [2.75, 3.05) is 5.32 Å². The van der Waals surface area contributed by atoms with Gasteiger partial charge in [0.05, 0.1) is 16.2 Å². The Morgan fingerprint density at radius 1 is 1.10 bits per heavy atom. The van der Waals surface area contributed by atoms with Crippen molar-refractivity contribution in [3.8, 4) is 5.75 Å². The van der Waals surface area contributed by atoms with Gasteiger partial charge in [-0.25, -0.2) is 0 Å². The summed E-state index contributed by atoms with van der Waals surface area (Å²) in [5.74, 6) is 0.0993. The number of aromatic nitrogens is 1. The van der Waals surface area contributed by atoms with Gasteiger partial charge in [-0.1, -0.05) is 35.9 Å². The molecule has 4 heteroatoms. The molecule has 0 fully saturated rings. The van der Waals surface area contributed by atoms with Gasteiger partial charge in [0.2, 0.25) is 0 Å². The van der Waals surface area contributed by atoms with Crippen molar-refractivity contribution in [2.24, 2.45) is 0 Å². The smallest absolute Gasteiger partial charge is 0.134 e. The summed E-state index contributed by atoms with van der Waals surface area (Å²) in [5, 5.41) is 14.2. The van der Waals surface area contributed by atoms with E-state index in [1.807, 2.05) is 36.4 Å². The van der Waals surface area contributed by atoms with Crippen LogP contribution in [0.1, 0.15) is 5.56 Å². The van der Waals surface area contributed by atoms with Crippen molar-refractivity contribution < 1.29 is 5.11 Å². The first kappa shape index (κ1) is 12.8. The molecule has 1 heterocycles. The van der Waals surface area contributed by atoms with Crippen LogP contribution in [0.3, 0.4) is 0 Å². The number of hydrogen-bond acceptors (Lipinski definition) is 3. The topological polar surface area (TPSA) is 45.1 Å². The minimum Gasteiger partial charge on any atom is -0.506 e. The second kappa shape index (κ2) is 5.39. The molecular formula is C16H13ClN2O. The average Bonchev–Trinajstić information content (AvgIpc) is 2.48. The predicted octanol–water partition coefficient (Wildman–Crippen LogP) is 4.21. The predicted molar refractivity (Wildman–Crippen MR) is 82.2 cm³/mol. The number of phenolic OH excluding ortho intramolecular Hbond substituents is 1. The molecule has 0 atom stereocenters. The van der Waals surface area contributed by atoms with Gasteiger partial charge in [-0.05, 0) is 29.8 Å². The fourth-order valence-electron chi connectivity index (χ4n) is 2.10. The lowest BCUT2D eigenvalue weighted by Crippen LogP contribution is -2.00. The second-order valence-electron chi connectivity index (χ2n) is 4.52. The van der Waals surface area contributed by atoms with Crippen molar-refractivity contribution in [3.05, 3.63) is 65.3 Å². The number of aromatic hydroxyl groups is 1. The van der Waals surface area contributed by atoms with Crippen LogP contribution in [0.4, 0.5) is 5.69 Å². The largest absolute Gasteiger partial charge is 0.506 e. The Kier molecular flexibility index (Phi) is 3.44. The molecule has 0 amide bonds. The van der Waals surface area contributed by atoms with Gasteiger partial charge in [0.15, 0.2) is 0 Å². The summed E-state index contributed by atoms with van der Waals surface area (Å²) in [5.41, 5.74) is 2.92. The van der Waals surface area contributed by atoms with Gasteiger partial charge in [-0.2, -0.15) is 0 Å². The highest BCUT2D eigenvalue weighted by atomic mass is 35.5. The maximum absolute atomic E-state index is 9.41. The first-order valence-electron chi connectivity index (χ1n) is 6.29. The number of para-hydroxylation sites is 1. The summed E-state index contributed by atoms with van der Waals surface area (Å²) >= 11 is 5.90. The van der Waals surface area contributed by atoms with Crippen LogP contribution in [0.15, 0.2) is 54.7 Å². The molecule has 0 aliphatic heterocycles. The van der Waals surface area contributed by atoms with Gasteiger partial charge < -0.3 is 10.4 Å². The SMILES string of the molecule is Oc1ccc(CNc2cccc3cccnc23)cc1Cl. The molecule has 0 aliphatic rings. The third kappa shape index (κ3) is 2.53. The van der Waals surface area contributed by atoms with Crippen LogP contribution in [-0.2, 0) is 6.54 Å². The summed E-state index contributed by atoms with van der Waals surface area (Å²) in [7, 11) is 0. The number of fused-ring (bicyclic) bond motifs is 1. The summed E-state index contributed by atoms with van der Waals surface area (Å²) < 4.78 is 0. The van der Waals surface area contributed by atoms with E-state index in [4.69, 9.17) is 11.6 Å². The van der Waals surface area contributed by atoms with Crippen molar-refractivity contribution in [2.45, 2.75) is 6.54 Å². The van der Waals surface area contributed by atoms with E-state index in [9.17, 15) is 5.11 Å². The van der Waals surface area contributed by atoms with E-state index in [0.29, 0.717) is 11.6 Å². The highest BCUT2D eigenvalue weighted by Crippen LogP contribution is 2.25. The minimum absolute atomic E-state index is 0.0993. The third-order valence-electron chi connectivity index (χ3n) is 3.13. The number of pyridine rings is 1. The molecule has 0 radical (unpaired) electrons. The fourth-order valence-corrected chi connectivity index (χ4v) is 2.31. The number of halogens is 1. The Balaban J connectivity index is 1.85. The maximum Gasteiger partial charge on any atom is 0.134 e. The number of nitrogens with zero attached hydrogens (tertiary/aromatic N) is 1. The summed E-state index contributed by atoms with van der Waals surface area (Å²) in [6.07, 6.45) is 1.78. The number of hydrogen-bond donors (Lipinski definition) is 2. The molecule has 0 bridgehead atoms. The maximum atomic E-state index is 9.41. The minimum atomic E-state index is 0.0993. The van der Waals surface area contributed by atoms with Crippen LogP contribution in [0.2, 0.25) is 5.02 Å². The van der Waals surface area contributed by atoms with Crippen LogP contribution < -0.4 is 5.32 Å². The summed E-state index contributed by atoms with van der Waals surface area (Å²) in [6, 6.07) is 15.2. The van der Waals surface area contributed by atoms with Crippen LogP contribution >= 0.6 is 11.6 Å². The van der Waals surface area contributed by atoms with Crippen LogP contribution in [0.25, 0.3) is 10.9 Å². The van der Waals surface area contributed by atoms with Gasteiger partial charge in [0.25, 0.3) is 0 Å². The van der Waals surface area contributed by atoms with Gasteiger partial charge in [0.1, 0.15) is 5.75 Å². The molecule has 0 saturated heterocycles. The monoisotopic (exact) mass is 284 g/mol. The van der Waals surface area contributed by atoms with E-state index in [2.05, 4.69) is 10.3 Å². The first-order valence-corrected chi connectivity index (χ1v) is 6.67. The molecule has 0 saturated carbocycles. The lowest BCUT2D eigenvalue weighted by atomic mass is 10.1. The van der Waals surface area contributed by atoms with E-state index >= 15 is 0 Å². The van der Waals surface area contributed by atoms with E-state index in [1.165, 1.54) is 0 Å². The Labute approximate surface area is 121 Å². The average molecular weight is 285 g/mol. The number of nitrogens with one attached hydrogen (secondary N) is 1. The van der Waals surface area contributed by atoms with E-state index in [1.54, 1.807) is 18.3 Å². The molecule has 20 heavy (non-hydrogen) atoms. The first-order chi connectivity index (χ1) is 9.74.